The number of amides is 3. The molecule has 12 heteroatoms. The van der Waals surface area contributed by atoms with Gasteiger partial charge in [0.2, 0.25) is 0 Å². The van der Waals surface area contributed by atoms with Crippen LogP contribution in [0.25, 0.3) is 0 Å². The predicted octanol–water partition coefficient (Wildman–Crippen LogP) is 1.26. The Morgan fingerprint density at radius 3 is 1.97 bits per heavy atom. The maximum atomic E-state index is 12.2. The highest BCUT2D eigenvalue weighted by Crippen LogP contribution is 2.08. The fourth-order valence-electron chi connectivity index (χ4n) is 2.51. The van der Waals surface area contributed by atoms with Gasteiger partial charge in [-0.15, -0.1) is 0 Å². The molecule has 2 atom stereocenters. The molecule has 0 aromatic heterocycles. The number of carboxylic acids is 3. The largest absolute Gasteiger partial charge is 0.481 e. The zero-order valence-electron chi connectivity index (χ0n) is 16.5. The van der Waals surface area contributed by atoms with Gasteiger partial charge in [-0.2, -0.15) is 0 Å². The molecule has 0 saturated heterocycles. The third-order valence-corrected chi connectivity index (χ3v) is 4.88. The van der Waals surface area contributed by atoms with Crippen molar-refractivity contribution in [2.75, 3.05) is 6.54 Å². The highest BCUT2D eigenvalue weighted by Gasteiger charge is 2.22. The summed E-state index contributed by atoms with van der Waals surface area (Å²) in [6, 6.07) is 3.48. The summed E-state index contributed by atoms with van der Waals surface area (Å²) in [7, 11) is 0. The van der Waals surface area contributed by atoms with E-state index in [0.29, 0.717) is 18.4 Å². The number of hydrogen-bond donors (Lipinski definition) is 6. The van der Waals surface area contributed by atoms with Gasteiger partial charge in [0.15, 0.2) is 0 Å². The normalized spacial score (nSPS) is 12.3. The maximum Gasteiger partial charge on any atom is 0.326 e. The van der Waals surface area contributed by atoms with E-state index in [2.05, 4.69) is 38.5 Å². The van der Waals surface area contributed by atoms with Crippen molar-refractivity contribution in [3.63, 3.8) is 0 Å². The average molecular weight is 549 g/mol. The molecular weight excluding hydrogens is 525 g/mol. The summed E-state index contributed by atoms with van der Waals surface area (Å²) in [4.78, 5) is 56.9. The first kappa shape index (κ1) is 26.1. The van der Waals surface area contributed by atoms with E-state index < -0.39 is 48.4 Å². The van der Waals surface area contributed by atoms with Gasteiger partial charge in [0.1, 0.15) is 12.1 Å². The van der Waals surface area contributed by atoms with Gasteiger partial charge in [-0.05, 0) is 72.5 Å². The van der Waals surface area contributed by atoms with Crippen molar-refractivity contribution in [3.05, 3.63) is 33.4 Å². The molecule has 0 aliphatic carbocycles. The summed E-state index contributed by atoms with van der Waals surface area (Å²) in [5.74, 6) is -4.19. The maximum absolute atomic E-state index is 12.2. The zero-order valence-corrected chi connectivity index (χ0v) is 18.6. The number of rotatable bonds is 13. The van der Waals surface area contributed by atoms with Gasteiger partial charge in [-0.3, -0.25) is 9.59 Å². The molecule has 0 radical (unpaired) electrons. The number of halogens is 1. The van der Waals surface area contributed by atoms with Crippen molar-refractivity contribution in [1.29, 1.82) is 0 Å². The molecule has 0 bridgehead atoms. The Hall–Kier alpha value is -2.90. The molecule has 1 aromatic rings. The third kappa shape index (κ3) is 10.6. The lowest BCUT2D eigenvalue weighted by molar-refractivity contribution is -0.141. The molecule has 6 N–H and O–H groups in total. The number of unbranched alkanes of at least 4 members (excludes halogenated alkanes) is 1. The number of benzene rings is 1. The summed E-state index contributed by atoms with van der Waals surface area (Å²) in [5.41, 5.74) is 0.348. The van der Waals surface area contributed by atoms with Gasteiger partial charge in [-0.1, -0.05) is 0 Å². The van der Waals surface area contributed by atoms with Crippen LogP contribution in [0.4, 0.5) is 4.79 Å². The van der Waals surface area contributed by atoms with E-state index in [9.17, 15) is 29.1 Å². The average Bonchev–Trinajstić information content (AvgIpc) is 2.69. The minimum atomic E-state index is -1.34. The van der Waals surface area contributed by atoms with E-state index >= 15 is 0 Å². The van der Waals surface area contributed by atoms with Crippen LogP contribution in [0.5, 0.6) is 0 Å². The van der Waals surface area contributed by atoms with Gasteiger partial charge < -0.3 is 31.3 Å². The zero-order chi connectivity index (χ0) is 23.4. The van der Waals surface area contributed by atoms with E-state index in [1.54, 1.807) is 24.3 Å². The quantitative estimate of drug-likeness (QED) is 0.157. The Bertz CT molecular complexity index is 800. The van der Waals surface area contributed by atoms with Crippen molar-refractivity contribution in [3.8, 4) is 0 Å². The lowest BCUT2D eigenvalue weighted by Crippen LogP contribution is -2.46. The molecule has 31 heavy (non-hydrogen) atoms. The lowest BCUT2D eigenvalue weighted by Gasteiger charge is -2.16. The second-order valence-corrected chi connectivity index (χ2v) is 7.84. The van der Waals surface area contributed by atoms with E-state index in [0.717, 1.165) is 3.57 Å². The molecule has 0 aliphatic rings. The molecule has 11 nitrogen and oxygen atoms in total. The second kappa shape index (κ2) is 13.4. The summed E-state index contributed by atoms with van der Waals surface area (Å²) < 4.78 is 0.942. The summed E-state index contributed by atoms with van der Waals surface area (Å²) in [6.07, 6.45) is 0.264. The summed E-state index contributed by atoms with van der Waals surface area (Å²) >= 11 is 2.09. The van der Waals surface area contributed by atoms with Crippen LogP contribution in [-0.4, -0.2) is 63.8 Å². The van der Waals surface area contributed by atoms with Gasteiger partial charge in [0.25, 0.3) is 5.91 Å². The van der Waals surface area contributed by atoms with Crippen molar-refractivity contribution < 1.29 is 39.3 Å². The molecular formula is C19H24IN3O8. The van der Waals surface area contributed by atoms with Crippen LogP contribution in [0, 0.1) is 3.57 Å². The molecule has 170 valence electrons. The van der Waals surface area contributed by atoms with Gasteiger partial charge >= 0.3 is 23.9 Å². The van der Waals surface area contributed by atoms with Crippen LogP contribution in [0.1, 0.15) is 42.5 Å². The van der Waals surface area contributed by atoms with Crippen LogP contribution in [0.3, 0.4) is 0 Å². The number of carbonyl (C=O) groups excluding carboxylic acids is 2. The molecule has 0 spiro atoms. The number of aliphatic carboxylic acids is 3. The smallest absolute Gasteiger partial charge is 0.326 e. The Kier molecular flexibility index (Phi) is 11.3. The van der Waals surface area contributed by atoms with E-state index in [1.165, 1.54) is 0 Å². The first-order valence-electron chi connectivity index (χ1n) is 9.38. The van der Waals surface area contributed by atoms with Crippen molar-refractivity contribution in [2.24, 2.45) is 0 Å². The standard InChI is InChI=1S/C19H24IN3O8/c20-12-6-4-11(5-7-12)16(26)22-13(17(27)28)3-1-2-10-21-19(31)23-14(18(29)30)8-9-15(24)25/h4-7,13-14H,1-3,8-10H2,(H,22,26)(H,24,25)(H,27,28)(H,29,30)(H2,21,23,31). The third-order valence-electron chi connectivity index (χ3n) is 4.17. The first-order chi connectivity index (χ1) is 14.6. The summed E-state index contributed by atoms with van der Waals surface area (Å²) in [5, 5.41) is 34.0. The molecule has 0 fully saturated rings. The Morgan fingerprint density at radius 1 is 0.839 bits per heavy atom. The monoisotopic (exact) mass is 549 g/mol. The molecule has 0 heterocycles. The highest BCUT2D eigenvalue weighted by molar-refractivity contribution is 14.1. The highest BCUT2D eigenvalue weighted by atomic mass is 127. The molecule has 1 rings (SSSR count). The van der Waals surface area contributed by atoms with Crippen LogP contribution in [-0.2, 0) is 14.4 Å². The lowest BCUT2D eigenvalue weighted by atomic mass is 10.1. The molecule has 0 aliphatic heterocycles. The number of carboxylic acid groups (broad SMARTS) is 3. The Labute approximate surface area is 191 Å². The number of nitrogens with one attached hydrogen (secondary N) is 3. The van der Waals surface area contributed by atoms with Crippen molar-refractivity contribution in [2.45, 2.75) is 44.2 Å². The number of urea groups is 1. The molecule has 0 saturated carbocycles. The number of carbonyl (C=O) groups is 5. The fourth-order valence-corrected chi connectivity index (χ4v) is 2.87. The second-order valence-electron chi connectivity index (χ2n) is 6.59. The minimum Gasteiger partial charge on any atom is -0.481 e. The van der Waals surface area contributed by atoms with Crippen LogP contribution in [0.2, 0.25) is 0 Å². The molecule has 3 amide bonds. The molecule has 1 aromatic carbocycles. The topological polar surface area (TPSA) is 182 Å². The van der Waals surface area contributed by atoms with Crippen molar-refractivity contribution in [1.82, 2.24) is 16.0 Å². The van der Waals surface area contributed by atoms with Crippen LogP contribution >= 0.6 is 22.6 Å². The van der Waals surface area contributed by atoms with Crippen LogP contribution < -0.4 is 16.0 Å². The van der Waals surface area contributed by atoms with E-state index in [-0.39, 0.29) is 19.4 Å². The van der Waals surface area contributed by atoms with Crippen LogP contribution in [0.15, 0.2) is 24.3 Å². The number of hydrogen-bond acceptors (Lipinski definition) is 5. The van der Waals surface area contributed by atoms with Crippen molar-refractivity contribution >= 4 is 52.4 Å². The molecule has 2 unspecified atom stereocenters. The Balaban J connectivity index is 2.37. The summed E-state index contributed by atoms with van der Waals surface area (Å²) in [6.45, 7) is 0.147. The van der Waals surface area contributed by atoms with E-state index in [4.69, 9.17) is 10.2 Å². The van der Waals surface area contributed by atoms with Gasteiger partial charge in [-0.25, -0.2) is 14.4 Å². The van der Waals surface area contributed by atoms with Gasteiger partial charge in [0, 0.05) is 22.1 Å². The fraction of sp³-hybridized carbons (Fsp3) is 0.421. The van der Waals surface area contributed by atoms with Gasteiger partial charge in [0.05, 0.1) is 0 Å². The predicted molar refractivity (Wildman–Crippen MR) is 117 cm³/mol. The minimum absolute atomic E-state index is 0.144. The SMILES string of the molecule is O=C(O)CCC(NC(=O)NCCCCC(NC(=O)c1ccc(I)cc1)C(=O)O)C(=O)O. The van der Waals surface area contributed by atoms with E-state index in [1.807, 2.05) is 0 Å². The Morgan fingerprint density at radius 2 is 1.42 bits per heavy atom. The first-order valence-corrected chi connectivity index (χ1v) is 10.5.